The Morgan fingerprint density at radius 3 is 2.50 bits per heavy atom. The number of likely N-dealkylation sites (tertiary alicyclic amines) is 1. The average molecular weight is 433 g/mol. The molecule has 1 atom stereocenters. The Labute approximate surface area is 177 Å². The Hall–Kier alpha value is -2.56. The van der Waals surface area contributed by atoms with E-state index >= 15 is 0 Å². The smallest absolute Gasteiger partial charge is 0.281 e. The molecule has 0 bridgehead atoms. The Bertz CT molecular complexity index is 997. The van der Waals surface area contributed by atoms with Crippen LogP contribution >= 0.6 is 0 Å². The van der Waals surface area contributed by atoms with Gasteiger partial charge in [0.25, 0.3) is 10.2 Å². The lowest BCUT2D eigenvalue weighted by molar-refractivity contribution is -0.128. The lowest BCUT2D eigenvalue weighted by atomic mass is 10.0. The van der Waals surface area contributed by atoms with Crippen LogP contribution in [0.3, 0.4) is 0 Å². The van der Waals surface area contributed by atoms with Gasteiger partial charge in [0.15, 0.2) is 0 Å². The largest absolute Gasteiger partial charge is 0.373 e. The first-order valence-electron chi connectivity index (χ1n) is 9.71. The number of hydrogen-bond donors (Lipinski definition) is 1. The molecule has 30 heavy (non-hydrogen) atoms. The fourth-order valence-electron chi connectivity index (χ4n) is 3.41. The highest BCUT2D eigenvalue weighted by atomic mass is 32.2. The molecule has 1 aliphatic rings. The third kappa shape index (κ3) is 4.94. The van der Waals surface area contributed by atoms with Gasteiger partial charge in [-0.25, -0.2) is 9.97 Å². The van der Waals surface area contributed by atoms with Crippen LogP contribution in [0.2, 0.25) is 0 Å². The van der Waals surface area contributed by atoms with Gasteiger partial charge in [-0.1, -0.05) is 30.3 Å². The fraction of sp³-hybridized carbons (Fsp3) is 0.450. The number of anilines is 1. The number of aromatic nitrogens is 2. The van der Waals surface area contributed by atoms with Crippen molar-refractivity contribution in [2.24, 2.45) is 0 Å². The van der Waals surface area contributed by atoms with Crippen LogP contribution in [-0.2, 0) is 28.1 Å². The van der Waals surface area contributed by atoms with Gasteiger partial charge in [0.05, 0.1) is 12.2 Å². The maximum Gasteiger partial charge on any atom is 0.281 e. The molecule has 10 heteroatoms. The van der Waals surface area contributed by atoms with Crippen molar-refractivity contribution in [1.82, 2.24) is 23.5 Å². The highest BCUT2D eigenvalue weighted by molar-refractivity contribution is 7.86. The summed E-state index contributed by atoms with van der Waals surface area (Å²) in [4.78, 5) is 23.4. The molecule has 0 radical (unpaired) electrons. The van der Waals surface area contributed by atoms with E-state index in [1.165, 1.54) is 25.4 Å². The Morgan fingerprint density at radius 1 is 1.17 bits per heavy atom. The normalized spacial score (nSPS) is 17.2. The van der Waals surface area contributed by atoms with E-state index in [4.69, 9.17) is 0 Å². The van der Waals surface area contributed by atoms with Gasteiger partial charge in [0.2, 0.25) is 5.91 Å². The summed E-state index contributed by atoms with van der Waals surface area (Å²) in [5.41, 5.74) is 1.82. The highest BCUT2D eigenvalue weighted by Crippen LogP contribution is 2.29. The molecular weight excluding hydrogens is 404 g/mol. The lowest BCUT2D eigenvalue weighted by Crippen LogP contribution is -2.37. The SMILES string of the molecule is CNc1cc([C@H]2CC(=O)N(Cc3ccccc3)C2)nc(CN(C)S(=O)(=O)N(C)C)n1. The second-order valence-electron chi connectivity index (χ2n) is 7.55. The standard InChI is InChI=1S/C20H28N6O3S/c1-21-18-11-17(22-19(23-18)14-25(4)30(28,29)24(2)3)16-10-20(27)26(13-16)12-15-8-6-5-7-9-15/h5-9,11,16H,10,12-14H2,1-4H3,(H,21,22,23)/t16-/m0/s1. The summed E-state index contributed by atoms with van der Waals surface area (Å²) in [6, 6.07) is 11.7. The predicted octanol–water partition coefficient (Wildman–Crippen LogP) is 1.27. The predicted molar refractivity (Wildman–Crippen MR) is 115 cm³/mol. The summed E-state index contributed by atoms with van der Waals surface area (Å²) in [7, 11) is 2.62. The van der Waals surface area contributed by atoms with Gasteiger partial charge in [0.1, 0.15) is 11.6 Å². The molecule has 1 aliphatic heterocycles. The van der Waals surface area contributed by atoms with E-state index in [9.17, 15) is 13.2 Å². The van der Waals surface area contributed by atoms with Crippen LogP contribution in [0.5, 0.6) is 0 Å². The first kappa shape index (κ1) is 22.1. The maximum atomic E-state index is 12.6. The minimum Gasteiger partial charge on any atom is -0.373 e. The molecule has 1 amide bonds. The molecule has 9 nitrogen and oxygen atoms in total. The molecule has 1 N–H and O–H groups in total. The molecule has 3 rings (SSSR count). The lowest BCUT2D eigenvalue weighted by Gasteiger charge is -2.21. The average Bonchev–Trinajstić information content (AvgIpc) is 3.08. The Balaban J connectivity index is 1.79. The van der Waals surface area contributed by atoms with E-state index in [0.717, 1.165) is 15.6 Å². The van der Waals surface area contributed by atoms with Crippen molar-refractivity contribution in [1.29, 1.82) is 0 Å². The molecule has 0 unspecified atom stereocenters. The van der Waals surface area contributed by atoms with Crippen molar-refractivity contribution in [2.75, 3.05) is 40.1 Å². The molecule has 2 aromatic rings. The summed E-state index contributed by atoms with van der Waals surface area (Å²) >= 11 is 0. The van der Waals surface area contributed by atoms with E-state index in [1.54, 1.807) is 7.05 Å². The summed E-state index contributed by atoms with van der Waals surface area (Å²) in [6.07, 6.45) is 0.373. The summed E-state index contributed by atoms with van der Waals surface area (Å²) in [5.74, 6) is 1.01. The highest BCUT2D eigenvalue weighted by Gasteiger charge is 2.32. The van der Waals surface area contributed by atoms with Crippen LogP contribution in [0.4, 0.5) is 5.82 Å². The van der Waals surface area contributed by atoms with Gasteiger partial charge in [-0.3, -0.25) is 4.79 Å². The van der Waals surface area contributed by atoms with Crippen molar-refractivity contribution in [3.05, 3.63) is 53.5 Å². The van der Waals surface area contributed by atoms with Crippen LogP contribution in [0.25, 0.3) is 0 Å². The molecule has 1 fully saturated rings. The molecule has 2 heterocycles. The molecular formula is C20H28N6O3S. The van der Waals surface area contributed by atoms with E-state index < -0.39 is 10.2 Å². The zero-order valence-corrected chi connectivity index (χ0v) is 18.6. The topological polar surface area (TPSA) is 98.7 Å². The van der Waals surface area contributed by atoms with Crippen molar-refractivity contribution in [2.45, 2.75) is 25.4 Å². The number of nitrogens with one attached hydrogen (secondary N) is 1. The van der Waals surface area contributed by atoms with Crippen molar-refractivity contribution in [3.63, 3.8) is 0 Å². The van der Waals surface area contributed by atoms with Crippen molar-refractivity contribution >= 4 is 21.9 Å². The number of amides is 1. The zero-order chi connectivity index (χ0) is 21.9. The van der Waals surface area contributed by atoms with Crippen molar-refractivity contribution < 1.29 is 13.2 Å². The molecule has 162 valence electrons. The van der Waals surface area contributed by atoms with E-state index in [0.29, 0.717) is 31.2 Å². The monoisotopic (exact) mass is 432 g/mol. The molecule has 1 aromatic carbocycles. The van der Waals surface area contributed by atoms with Crippen molar-refractivity contribution in [3.8, 4) is 0 Å². The van der Waals surface area contributed by atoms with E-state index in [2.05, 4.69) is 15.3 Å². The van der Waals surface area contributed by atoms with Gasteiger partial charge in [0, 0.05) is 59.7 Å². The molecule has 0 saturated carbocycles. The van der Waals surface area contributed by atoms with Crippen LogP contribution < -0.4 is 5.32 Å². The molecule has 1 saturated heterocycles. The minimum atomic E-state index is -3.57. The van der Waals surface area contributed by atoms with Gasteiger partial charge < -0.3 is 10.2 Å². The fourth-order valence-corrected chi connectivity index (χ4v) is 4.25. The number of carbonyl (C=O) groups excluding carboxylic acids is 1. The first-order valence-corrected chi connectivity index (χ1v) is 11.1. The number of hydrogen-bond acceptors (Lipinski definition) is 6. The van der Waals surface area contributed by atoms with Crippen LogP contribution in [0.1, 0.15) is 29.4 Å². The Kier molecular flexibility index (Phi) is 6.69. The van der Waals surface area contributed by atoms with Gasteiger partial charge in [-0.2, -0.15) is 17.0 Å². The maximum absolute atomic E-state index is 12.6. The van der Waals surface area contributed by atoms with Gasteiger partial charge in [-0.15, -0.1) is 0 Å². The summed E-state index contributed by atoms with van der Waals surface area (Å²) in [6.45, 7) is 1.17. The summed E-state index contributed by atoms with van der Waals surface area (Å²) in [5, 5.41) is 3.00. The minimum absolute atomic E-state index is 0.0391. The third-order valence-electron chi connectivity index (χ3n) is 5.12. The summed E-state index contributed by atoms with van der Waals surface area (Å²) < 4.78 is 27.0. The van der Waals surface area contributed by atoms with Gasteiger partial charge in [-0.05, 0) is 5.56 Å². The molecule has 1 aromatic heterocycles. The first-order chi connectivity index (χ1) is 14.2. The second kappa shape index (κ2) is 9.07. The van der Waals surface area contributed by atoms with E-state index in [-0.39, 0.29) is 18.4 Å². The molecule has 0 spiro atoms. The number of carbonyl (C=O) groups is 1. The second-order valence-corrected chi connectivity index (χ2v) is 9.80. The Morgan fingerprint density at radius 2 is 1.87 bits per heavy atom. The van der Waals surface area contributed by atoms with Crippen LogP contribution in [0.15, 0.2) is 36.4 Å². The third-order valence-corrected chi connectivity index (χ3v) is 6.96. The van der Waals surface area contributed by atoms with E-state index in [1.807, 2.05) is 41.3 Å². The van der Waals surface area contributed by atoms with Gasteiger partial charge >= 0.3 is 0 Å². The zero-order valence-electron chi connectivity index (χ0n) is 17.7. The number of benzene rings is 1. The van der Waals surface area contributed by atoms with Crippen LogP contribution in [0, 0.1) is 0 Å². The molecule has 0 aliphatic carbocycles. The number of nitrogens with zero attached hydrogens (tertiary/aromatic N) is 5. The quantitative estimate of drug-likeness (QED) is 0.675. The number of rotatable bonds is 8. The van der Waals surface area contributed by atoms with Crippen LogP contribution in [-0.4, -0.2) is 72.5 Å².